The summed E-state index contributed by atoms with van der Waals surface area (Å²) in [5.41, 5.74) is 0.898. The summed E-state index contributed by atoms with van der Waals surface area (Å²) in [6.45, 7) is 0. The maximum Gasteiger partial charge on any atom is 0.164 e. The Morgan fingerprint density at radius 2 is 1.79 bits per heavy atom. The fraction of sp³-hybridized carbons (Fsp3) is 0.133. The van der Waals surface area contributed by atoms with Crippen molar-refractivity contribution in [3.63, 3.8) is 0 Å². The van der Waals surface area contributed by atoms with E-state index in [0.717, 1.165) is 10.6 Å². The molecule has 0 aromatic heterocycles. The van der Waals surface area contributed by atoms with Gasteiger partial charge in [-0.25, -0.2) is 8.78 Å². The van der Waals surface area contributed by atoms with Gasteiger partial charge in [0.05, 0.1) is 5.56 Å². The van der Waals surface area contributed by atoms with E-state index in [0.29, 0.717) is 17.5 Å². The highest BCUT2D eigenvalue weighted by Crippen LogP contribution is 2.34. The summed E-state index contributed by atoms with van der Waals surface area (Å²) in [5, 5.41) is 0. The molecule has 3 rings (SSSR count). The molecular formula is C15H10F2OS. The monoisotopic (exact) mass is 276 g/mol. The number of hydrogen-bond acceptors (Lipinski definition) is 2. The zero-order valence-electron chi connectivity index (χ0n) is 9.95. The number of benzene rings is 2. The van der Waals surface area contributed by atoms with E-state index < -0.39 is 11.6 Å². The molecule has 1 heterocycles. The van der Waals surface area contributed by atoms with E-state index in [4.69, 9.17) is 0 Å². The molecule has 0 saturated heterocycles. The lowest BCUT2D eigenvalue weighted by Crippen LogP contribution is -2.08. The quantitative estimate of drug-likeness (QED) is 0.772. The molecule has 0 amide bonds. The molecule has 0 aliphatic carbocycles. The summed E-state index contributed by atoms with van der Waals surface area (Å²) < 4.78 is 27.5. The van der Waals surface area contributed by atoms with Crippen molar-refractivity contribution in [2.75, 3.05) is 5.75 Å². The Kier molecular flexibility index (Phi) is 3.11. The number of Topliss-reactive ketones (excluding diaryl/α,β-unsaturated/α-hetero) is 1. The Bertz CT molecular complexity index is 647. The number of halogens is 2. The Morgan fingerprint density at radius 3 is 2.53 bits per heavy atom. The summed E-state index contributed by atoms with van der Waals surface area (Å²) in [6.07, 6.45) is 0.473. The molecule has 0 saturated carbocycles. The molecule has 0 unspecified atom stereocenters. The van der Waals surface area contributed by atoms with E-state index in [2.05, 4.69) is 0 Å². The van der Waals surface area contributed by atoms with Gasteiger partial charge in [0, 0.05) is 22.6 Å². The van der Waals surface area contributed by atoms with Crippen molar-refractivity contribution in [1.29, 1.82) is 0 Å². The van der Waals surface area contributed by atoms with E-state index in [1.807, 2.05) is 0 Å². The molecule has 1 aliphatic heterocycles. The van der Waals surface area contributed by atoms with Gasteiger partial charge in [-0.05, 0) is 29.8 Å². The Morgan fingerprint density at radius 1 is 1.05 bits per heavy atom. The Balaban J connectivity index is 2.17. The average molecular weight is 276 g/mol. The van der Waals surface area contributed by atoms with Crippen molar-refractivity contribution in [1.82, 2.24) is 0 Å². The highest BCUT2D eigenvalue weighted by Gasteiger charge is 2.20. The van der Waals surface area contributed by atoms with Gasteiger partial charge in [0.25, 0.3) is 0 Å². The highest BCUT2D eigenvalue weighted by atomic mass is 32.2. The summed E-state index contributed by atoms with van der Waals surface area (Å²) in [6, 6.07) is 8.77. The zero-order valence-corrected chi connectivity index (χ0v) is 10.8. The molecule has 0 atom stereocenters. The molecule has 0 bridgehead atoms. The third-order valence-corrected chi connectivity index (χ3v) is 4.19. The largest absolute Gasteiger partial charge is 0.294 e. The van der Waals surface area contributed by atoms with Crippen LogP contribution in [0.4, 0.5) is 8.78 Å². The normalized spacial score (nSPS) is 14.3. The van der Waals surface area contributed by atoms with Crippen LogP contribution in [0.15, 0.2) is 41.3 Å². The molecule has 2 aromatic rings. The maximum atomic E-state index is 13.7. The third kappa shape index (κ3) is 2.16. The van der Waals surface area contributed by atoms with Gasteiger partial charge in [-0.2, -0.15) is 0 Å². The van der Waals surface area contributed by atoms with Crippen molar-refractivity contribution in [2.24, 2.45) is 0 Å². The minimum absolute atomic E-state index is 0.0346. The lowest BCUT2D eigenvalue weighted by molar-refractivity contribution is 0.0985. The van der Waals surface area contributed by atoms with Gasteiger partial charge in [0.15, 0.2) is 5.78 Å². The van der Waals surface area contributed by atoms with E-state index in [-0.39, 0.29) is 11.3 Å². The topological polar surface area (TPSA) is 17.1 Å². The fourth-order valence-corrected chi connectivity index (χ4v) is 3.19. The number of carbonyl (C=O) groups excluding carboxylic acids is 1. The third-order valence-electron chi connectivity index (χ3n) is 3.12. The van der Waals surface area contributed by atoms with Crippen LogP contribution in [0.3, 0.4) is 0 Å². The molecule has 0 radical (unpaired) electrons. The zero-order chi connectivity index (χ0) is 13.4. The highest BCUT2D eigenvalue weighted by molar-refractivity contribution is 7.99. The molecule has 96 valence electrons. The van der Waals surface area contributed by atoms with Crippen molar-refractivity contribution >= 4 is 17.5 Å². The number of carbonyl (C=O) groups is 1. The van der Waals surface area contributed by atoms with Crippen LogP contribution in [0, 0.1) is 11.6 Å². The Hall–Kier alpha value is -1.68. The van der Waals surface area contributed by atoms with E-state index >= 15 is 0 Å². The van der Waals surface area contributed by atoms with E-state index in [1.54, 1.807) is 30.0 Å². The van der Waals surface area contributed by atoms with Crippen LogP contribution in [0.25, 0.3) is 11.1 Å². The second kappa shape index (κ2) is 4.78. The van der Waals surface area contributed by atoms with Crippen LogP contribution >= 0.6 is 11.8 Å². The van der Waals surface area contributed by atoms with Crippen LogP contribution in [0.2, 0.25) is 0 Å². The van der Waals surface area contributed by atoms with E-state index in [1.165, 1.54) is 18.2 Å². The van der Waals surface area contributed by atoms with Gasteiger partial charge in [-0.1, -0.05) is 12.1 Å². The van der Waals surface area contributed by atoms with Gasteiger partial charge >= 0.3 is 0 Å². The van der Waals surface area contributed by atoms with Gasteiger partial charge < -0.3 is 0 Å². The number of ketones is 1. The maximum absolute atomic E-state index is 13.7. The number of hydrogen-bond donors (Lipinski definition) is 0. The van der Waals surface area contributed by atoms with Crippen LogP contribution in [-0.4, -0.2) is 11.5 Å². The first-order valence-corrected chi connectivity index (χ1v) is 6.90. The fourth-order valence-electron chi connectivity index (χ4n) is 2.19. The molecule has 1 aliphatic rings. The molecule has 1 nitrogen and oxygen atoms in total. The smallest absolute Gasteiger partial charge is 0.164 e. The number of thioether (sulfide) groups is 1. The van der Waals surface area contributed by atoms with Gasteiger partial charge in [0.2, 0.25) is 0 Å². The molecule has 4 heteroatoms. The van der Waals surface area contributed by atoms with Gasteiger partial charge in [-0.15, -0.1) is 11.8 Å². The Labute approximate surface area is 113 Å². The number of rotatable bonds is 1. The summed E-state index contributed by atoms with van der Waals surface area (Å²) >= 11 is 1.60. The first-order valence-electron chi connectivity index (χ1n) is 5.91. The van der Waals surface area contributed by atoms with Crippen LogP contribution < -0.4 is 0 Å². The first kappa shape index (κ1) is 12.4. The molecule has 19 heavy (non-hydrogen) atoms. The van der Waals surface area contributed by atoms with Crippen LogP contribution in [0.1, 0.15) is 16.8 Å². The van der Waals surface area contributed by atoms with Crippen LogP contribution in [-0.2, 0) is 0 Å². The van der Waals surface area contributed by atoms with Crippen molar-refractivity contribution in [3.8, 4) is 11.1 Å². The van der Waals surface area contributed by atoms with Gasteiger partial charge in [-0.3, -0.25) is 4.79 Å². The second-order valence-corrected chi connectivity index (χ2v) is 5.47. The molecule has 0 N–H and O–H groups in total. The minimum Gasteiger partial charge on any atom is -0.294 e. The van der Waals surface area contributed by atoms with Gasteiger partial charge in [0.1, 0.15) is 11.6 Å². The van der Waals surface area contributed by atoms with Crippen molar-refractivity contribution in [3.05, 3.63) is 53.6 Å². The molecule has 2 aromatic carbocycles. The summed E-state index contributed by atoms with van der Waals surface area (Å²) in [4.78, 5) is 12.7. The molecular weight excluding hydrogens is 266 g/mol. The van der Waals surface area contributed by atoms with Crippen molar-refractivity contribution in [2.45, 2.75) is 11.3 Å². The average Bonchev–Trinajstić information content (AvgIpc) is 2.39. The minimum atomic E-state index is -0.615. The SMILES string of the molecule is O=C1CCSc2ccc(-c3c(F)cccc3F)cc21. The predicted octanol–water partition coefficient (Wildman–Crippen LogP) is 4.31. The first-order chi connectivity index (χ1) is 9.16. The van der Waals surface area contributed by atoms with E-state index in [9.17, 15) is 13.6 Å². The second-order valence-electron chi connectivity index (χ2n) is 4.33. The standard InChI is InChI=1S/C15H10F2OS/c16-11-2-1-3-12(17)15(11)9-4-5-14-10(8-9)13(18)6-7-19-14/h1-5,8H,6-7H2. The molecule has 0 spiro atoms. The molecule has 0 fully saturated rings. The van der Waals surface area contributed by atoms with Crippen LogP contribution in [0.5, 0.6) is 0 Å². The summed E-state index contributed by atoms with van der Waals surface area (Å²) in [5.74, 6) is -0.432. The summed E-state index contributed by atoms with van der Waals surface area (Å²) in [7, 11) is 0. The predicted molar refractivity (Wildman–Crippen MR) is 71.5 cm³/mol. The number of fused-ring (bicyclic) bond motifs is 1. The lowest BCUT2D eigenvalue weighted by atomic mass is 9.99. The lowest BCUT2D eigenvalue weighted by Gasteiger charge is -2.15. The van der Waals surface area contributed by atoms with Crippen molar-refractivity contribution < 1.29 is 13.6 Å².